The summed E-state index contributed by atoms with van der Waals surface area (Å²) in [6.45, 7) is 2.18. The van der Waals surface area contributed by atoms with Crippen molar-refractivity contribution in [3.63, 3.8) is 0 Å². The van der Waals surface area contributed by atoms with Gasteiger partial charge in [-0.15, -0.1) is 0 Å². The van der Waals surface area contributed by atoms with E-state index in [4.69, 9.17) is 5.11 Å². The average molecular weight is 255 g/mol. The molecule has 0 fully saturated rings. The third-order valence-corrected chi connectivity index (χ3v) is 2.38. The fourth-order valence-electron chi connectivity index (χ4n) is 1.41. The van der Waals surface area contributed by atoms with Gasteiger partial charge in [-0.3, -0.25) is 19.7 Å². The lowest BCUT2D eigenvalue weighted by atomic mass is 10.1. The van der Waals surface area contributed by atoms with Crippen LogP contribution in [0.1, 0.15) is 51.9 Å². The Labute approximate surface area is 107 Å². The molecule has 0 atom stereocenters. The Kier molecular flexibility index (Phi) is 9.54. The summed E-state index contributed by atoms with van der Waals surface area (Å²) >= 11 is 0. The number of imide groups is 1. The quantitative estimate of drug-likeness (QED) is 0.538. The fraction of sp³-hybridized carbons (Fsp3) is 0.615. The molecule has 1 aliphatic rings. The number of carbonyl (C=O) groups excluding carboxylic acids is 2. The van der Waals surface area contributed by atoms with Gasteiger partial charge in [0.15, 0.2) is 0 Å². The minimum atomic E-state index is -0.666. The van der Waals surface area contributed by atoms with E-state index in [9.17, 15) is 14.4 Å². The van der Waals surface area contributed by atoms with Gasteiger partial charge in [-0.25, -0.2) is 0 Å². The summed E-state index contributed by atoms with van der Waals surface area (Å²) in [6.07, 6.45) is 9.64. The van der Waals surface area contributed by atoms with Crippen LogP contribution >= 0.6 is 0 Å². The van der Waals surface area contributed by atoms with Crippen LogP contribution in [0.5, 0.6) is 0 Å². The minimum absolute atomic E-state index is 0.329. The first-order valence-corrected chi connectivity index (χ1v) is 6.31. The predicted octanol–water partition coefficient (Wildman–Crippen LogP) is 2.02. The molecule has 0 bridgehead atoms. The van der Waals surface area contributed by atoms with E-state index in [1.54, 1.807) is 0 Å². The monoisotopic (exact) mass is 255 g/mol. The number of carbonyl (C=O) groups is 3. The number of unbranched alkanes of at least 4 members (excludes halogenated alkanes) is 5. The van der Waals surface area contributed by atoms with Crippen molar-refractivity contribution in [2.75, 3.05) is 0 Å². The molecular formula is C13H21NO4. The Morgan fingerprint density at radius 2 is 1.56 bits per heavy atom. The molecule has 5 heteroatoms. The molecule has 0 aromatic carbocycles. The molecule has 0 aliphatic carbocycles. The van der Waals surface area contributed by atoms with Crippen LogP contribution in [0, 0.1) is 0 Å². The highest BCUT2D eigenvalue weighted by atomic mass is 16.4. The number of carboxylic acid groups (broad SMARTS) is 1. The molecule has 1 aliphatic heterocycles. The van der Waals surface area contributed by atoms with Crippen LogP contribution in [0.25, 0.3) is 0 Å². The zero-order valence-electron chi connectivity index (χ0n) is 10.8. The molecule has 0 spiro atoms. The van der Waals surface area contributed by atoms with Gasteiger partial charge in [-0.2, -0.15) is 0 Å². The van der Waals surface area contributed by atoms with E-state index in [-0.39, 0.29) is 11.8 Å². The van der Waals surface area contributed by atoms with Crippen molar-refractivity contribution < 1.29 is 19.5 Å². The van der Waals surface area contributed by atoms with Crippen molar-refractivity contribution in [1.29, 1.82) is 0 Å². The van der Waals surface area contributed by atoms with Crippen LogP contribution < -0.4 is 5.32 Å². The van der Waals surface area contributed by atoms with Crippen LogP contribution in [0.2, 0.25) is 0 Å². The number of aliphatic carboxylic acids is 1. The van der Waals surface area contributed by atoms with E-state index in [1.807, 2.05) is 5.32 Å². The van der Waals surface area contributed by atoms with Crippen LogP contribution in [0.3, 0.4) is 0 Å². The van der Waals surface area contributed by atoms with Gasteiger partial charge in [0.1, 0.15) is 0 Å². The molecule has 102 valence electrons. The Hall–Kier alpha value is -1.65. The summed E-state index contributed by atoms with van der Waals surface area (Å²) in [5.41, 5.74) is 0. The van der Waals surface area contributed by atoms with Crippen LogP contribution in [-0.2, 0) is 14.4 Å². The molecular weight excluding hydrogens is 234 g/mol. The number of rotatable bonds is 7. The summed E-state index contributed by atoms with van der Waals surface area (Å²) < 4.78 is 0. The highest BCUT2D eigenvalue weighted by Crippen LogP contribution is 2.06. The topological polar surface area (TPSA) is 83.5 Å². The molecule has 5 nitrogen and oxygen atoms in total. The summed E-state index contributed by atoms with van der Waals surface area (Å²) in [5.74, 6) is -1.32. The second kappa shape index (κ2) is 10.5. The lowest BCUT2D eigenvalue weighted by Gasteiger charge is -1.97. The Balaban J connectivity index is 0.000000351. The maximum atomic E-state index is 10.1. The van der Waals surface area contributed by atoms with Crippen LogP contribution in [0.15, 0.2) is 12.2 Å². The number of hydrogen-bond acceptors (Lipinski definition) is 3. The lowest BCUT2D eigenvalue weighted by Crippen LogP contribution is -2.19. The first-order valence-electron chi connectivity index (χ1n) is 6.31. The van der Waals surface area contributed by atoms with Crippen molar-refractivity contribution in [1.82, 2.24) is 5.32 Å². The third kappa shape index (κ3) is 10.9. The second-order valence-corrected chi connectivity index (χ2v) is 4.10. The number of amides is 2. The molecule has 0 aromatic heterocycles. The first-order chi connectivity index (χ1) is 8.56. The normalized spacial score (nSPS) is 12.9. The summed E-state index contributed by atoms with van der Waals surface area (Å²) in [7, 11) is 0. The Bertz CT molecular complexity index is 294. The maximum Gasteiger partial charge on any atom is 0.303 e. The zero-order chi connectivity index (χ0) is 13.8. The van der Waals surface area contributed by atoms with Crippen molar-refractivity contribution >= 4 is 17.8 Å². The maximum absolute atomic E-state index is 10.1. The molecule has 0 aromatic rings. The van der Waals surface area contributed by atoms with Gasteiger partial charge in [0.05, 0.1) is 0 Å². The first kappa shape index (κ1) is 16.4. The average Bonchev–Trinajstić information content (AvgIpc) is 2.68. The molecule has 0 saturated heterocycles. The van der Waals surface area contributed by atoms with E-state index in [1.165, 1.54) is 37.8 Å². The molecule has 1 heterocycles. The third-order valence-electron chi connectivity index (χ3n) is 2.38. The van der Waals surface area contributed by atoms with E-state index in [0.717, 1.165) is 12.8 Å². The molecule has 0 unspecified atom stereocenters. The number of carboxylic acids is 1. The predicted molar refractivity (Wildman–Crippen MR) is 67.9 cm³/mol. The van der Waals surface area contributed by atoms with Gasteiger partial charge >= 0.3 is 5.97 Å². The van der Waals surface area contributed by atoms with Crippen molar-refractivity contribution in [3.05, 3.63) is 12.2 Å². The number of nitrogens with one attached hydrogen (secondary N) is 1. The molecule has 2 N–H and O–H groups in total. The van der Waals surface area contributed by atoms with Crippen LogP contribution in [-0.4, -0.2) is 22.9 Å². The molecule has 2 amide bonds. The zero-order valence-corrected chi connectivity index (χ0v) is 10.8. The van der Waals surface area contributed by atoms with E-state index in [2.05, 4.69) is 6.92 Å². The molecule has 0 saturated carbocycles. The van der Waals surface area contributed by atoms with Gasteiger partial charge < -0.3 is 5.11 Å². The SMILES string of the molecule is CCCCCCCCC(=O)O.O=C1C=CC(=O)N1. The van der Waals surface area contributed by atoms with Crippen molar-refractivity contribution in [2.45, 2.75) is 51.9 Å². The largest absolute Gasteiger partial charge is 0.481 e. The van der Waals surface area contributed by atoms with E-state index < -0.39 is 5.97 Å². The highest BCUT2D eigenvalue weighted by Gasteiger charge is 2.06. The molecule has 1 rings (SSSR count). The van der Waals surface area contributed by atoms with Crippen LogP contribution in [0.4, 0.5) is 0 Å². The van der Waals surface area contributed by atoms with Gasteiger partial charge in [0, 0.05) is 18.6 Å². The highest BCUT2D eigenvalue weighted by molar-refractivity contribution is 6.12. The van der Waals surface area contributed by atoms with Gasteiger partial charge in [-0.05, 0) is 6.42 Å². The van der Waals surface area contributed by atoms with Gasteiger partial charge in [0.2, 0.25) is 0 Å². The summed E-state index contributed by atoms with van der Waals surface area (Å²) in [6, 6.07) is 0. The minimum Gasteiger partial charge on any atom is -0.481 e. The smallest absolute Gasteiger partial charge is 0.303 e. The fourth-order valence-corrected chi connectivity index (χ4v) is 1.41. The lowest BCUT2D eigenvalue weighted by molar-refractivity contribution is -0.137. The molecule has 0 radical (unpaired) electrons. The standard InChI is InChI=1S/C9H18O2.C4H3NO2/c1-2-3-4-5-6-7-8-9(10)11;6-3-1-2-4(7)5-3/h2-8H2,1H3,(H,10,11);1-2H,(H,5,6,7). The second-order valence-electron chi connectivity index (χ2n) is 4.10. The van der Waals surface area contributed by atoms with Gasteiger partial charge in [-0.1, -0.05) is 39.0 Å². The van der Waals surface area contributed by atoms with E-state index >= 15 is 0 Å². The summed E-state index contributed by atoms with van der Waals surface area (Å²) in [4.78, 5) is 30.2. The summed E-state index contributed by atoms with van der Waals surface area (Å²) in [5, 5.41) is 10.3. The van der Waals surface area contributed by atoms with E-state index in [0.29, 0.717) is 6.42 Å². The van der Waals surface area contributed by atoms with Gasteiger partial charge in [0.25, 0.3) is 11.8 Å². The van der Waals surface area contributed by atoms with Crippen molar-refractivity contribution in [2.24, 2.45) is 0 Å². The molecule has 18 heavy (non-hydrogen) atoms. The Morgan fingerprint density at radius 1 is 1.06 bits per heavy atom. The van der Waals surface area contributed by atoms with Crippen molar-refractivity contribution in [3.8, 4) is 0 Å². The Morgan fingerprint density at radius 3 is 1.94 bits per heavy atom. The number of hydrogen-bond donors (Lipinski definition) is 2.